The molecule has 0 heterocycles. The molecule has 0 amide bonds. The SMILES string of the molecule is COC(=O)CCCCC=C([Si](C)(C)C)[Si](C)(C)C. The lowest BCUT2D eigenvalue weighted by atomic mass is 10.2. The predicted octanol–water partition coefficient (Wildman–Crippen LogP) is 4.40. The van der Waals surface area contributed by atoms with E-state index in [1.54, 1.807) is 4.82 Å². The summed E-state index contributed by atoms with van der Waals surface area (Å²) in [5.41, 5.74) is 0. The maximum Gasteiger partial charge on any atom is 0.305 e. The number of hydrogen-bond donors (Lipinski definition) is 0. The molecule has 4 heteroatoms. The summed E-state index contributed by atoms with van der Waals surface area (Å²) < 4.78 is 4.65. The lowest BCUT2D eigenvalue weighted by Crippen LogP contribution is -2.39. The number of unbranched alkanes of at least 4 members (excludes halogenated alkanes) is 2. The quantitative estimate of drug-likeness (QED) is 0.394. The van der Waals surface area contributed by atoms with E-state index in [1.807, 2.05) is 0 Å². The summed E-state index contributed by atoms with van der Waals surface area (Å²) in [5, 5.41) is 0. The smallest absolute Gasteiger partial charge is 0.305 e. The van der Waals surface area contributed by atoms with Crippen molar-refractivity contribution in [3.63, 3.8) is 0 Å². The number of rotatable bonds is 7. The van der Waals surface area contributed by atoms with Crippen molar-refractivity contribution in [1.29, 1.82) is 0 Å². The Kier molecular flexibility index (Phi) is 7.14. The van der Waals surface area contributed by atoms with Crippen molar-refractivity contribution in [3.05, 3.63) is 10.9 Å². The second-order valence-corrected chi connectivity index (χ2v) is 17.5. The third-order valence-corrected chi connectivity index (χ3v) is 11.2. The minimum atomic E-state index is -1.18. The zero-order chi connectivity index (χ0) is 14.4. The second-order valence-electron chi connectivity index (χ2n) is 6.94. The van der Waals surface area contributed by atoms with Gasteiger partial charge in [-0.3, -0.25) is 4.79 Å². The number of esters is 1. The third-order valence-electron chi connectivity index (χ3n) is 3.03. The van der Waals surface area contributed by atoms with E-state index in [1.165, 1.54) is 7.11 Å². The Bertz CT molecular complexity index is 280. The fourth-order valence-electron chi connectivity index (χ4n) is 2.50. The van der Waals surface area contributed by atoms with E-state index in [-0.39, 0.29) is 5.97 Å². The number of ether oxygens (including phenoxy) is 1. The van der Waals surface area contributed by atoms with Crippen molar-refractivity contribution < 1.29 is 9.53 Å². The van der Waals surface area contributed by atoms with E-state index in [0.717, 1.165) is 19.3 Å². The Balaban J connectivity index is 4.32. The van der Waals surface area contributed by atoms with Gasteiger partial charge in [0, 0.05) is 6.42 Å². The molecule has 106 valence electrons. The zero-order valence-corrected chi connectivity index (χ0v) is 15.2. The summed E-state index contributed by atoms with van der Waals surface area (Å²) >= 11 is 0. The van der Waals surface area contributed by atoms with Crippen LogP contribution in [0, 0.1) is 0 Å². The topological polar surface area (TPSA) is 26.3 Å². The highest BCUT2D eigenvalue weighted by atomic mass is 28.4. The van der Waals surface area contributed by atoms with Crippen molar-refractivity contribution in [1.82, 2.24) is 0 Å². The van der Waals surface area contributed by atoms with Gasteiger partial charge in [-0.15, -0.1) is 0 Å². The first-order chi connectivity index (χ1) is 8.09. The van der Waals surface area contributed by atoms with E-state index in [9.17, 15) is 4.79 Å². The molecule has 0 rings (SSSR count). The minimum absolute atomic E-state index is 0.0883. The lowest BCUT2D eigenvalue weighted by Gasteiger charge is -2.31. The van der Waals surface area contributed by atoms with E-state index in [2.05, 4.69) is 50.1 Å². The molecule has 0 N–H and O–H groups in total. The number of methoxy groups -OCH3 is 1. The average Bonchev–Trinajstić information content (AvgIpc) is 2.18. The lowest BCUT2D eigenvalue weighted by molar-refractivity contribution is -0.140. The minimum Gasteiger partial charge on any atom is -0.469 e. The molecule has 0 aliphatic rings. The van der Waals surface area contributed by atoms with Gasteiger partial charge in [-0.25, -0.2) is 0 Å². The van der Waals surface area contributed by atoms with Crippen LogP contribution in [0.4, 0.5) is 0 Å². The van der Waals surface area contributed by atoms with Crippen molar-refractivity contribution in [2.45, 2.75) is 65.0 Å². The Hall–Kier alpha value is -0.356. The molecule has 0 aliphatic carbocycles. The predicted molar refractivity (Wildman–Crippen MR) is 85.3 cm³/mol. The fourth-order valence-corrected chi connectivity index (χ4v) is 13.0. The standard InChI is InChI=1S/C14H30O2Si2/c1-16-13(15)11-9-8-10-12-14(17(2,3)4)18(5,6)7/h12H,8-11H2,1-7H3. The molecule has 0 aromatic carbocycles. The Morgan fingerprint density at radius 2 is 1.50 bits per heavy atom. The Morgan fingerprint density at radius 3 is 1.89 bits per heavy atom. The molecule has 0 saturated heterocycles. The van der Waals surface area contributed by atoms with E-state index < -0.39 is 16.1 Å². The molecule has 0 fully saturated rings. The number of carbonyl (C=O) groups is 1. The first-order valence-corrected chi connectivity index (χ1v) is 13.9. The van der Waals surface area contributed by atoms with Gasteiger partial charge in [-0.1, -0.05) is 50.2 Å². The third kappa shape index (κ3) is 7.16. The molecule has 0 spiro atoms. The monoisotopic (exact) mass is 286 g/mol. The normalized spacial score (nSPS) is 12.2. The maximum absolute atomic E-state index is 11.0. The molecule has 0 saturated carbocycles. The summed E-state index contributed by atoms with van der Waals surface area (Å²) in [4.78, 5) is 12.8. The van der Waals surface area contributed by atoms with Crippen LogP contribution in [0.3, 0.4) is 0 Å². The number of allylic oxidation sites excluding steroid dienone is 1. The van der Waals surface area contributed by atoms with Crippen LogP contribution >= 0.6 is 0 Å². The van der Waals surface area contributed by atoms with Crippen molar-refractivity contribution in [2.24, 2.45) is 0 Å². The molecule has 0 radical (unpaired) electrons. The van der Waals surface area contributed by atoms with Crippen LogP contribution in [0.1, 0.15) is 25.7 Å². The van der Waals surface area contributed by atoms with E-state index in [0.29, 0.717) is 6.42 Å². The molecule has 0 bridgehead atoms. The fraction of sp³-hybridized carbons (Fsp3) is 0.786. The summed E-state index contributed by atoms with van der Waals surface area (Å²) in [7, 11) is -0.904. The van der Waals surface area contributed by atoms with Gasteiger partial charge < -0.3 is 4.74 Å². The van der Waals surface area contributed by atoms with Gasteiger partial charge in [0.2, 0.25) is 0 Å². The highest BCUT2D eigenvalue weighted by Crippen LogP contribution is 2.26. The zero-order valence-electron chi connectivity index (χ0n) is 13.2. The van der Waals surface area contributed by atoms with Crippen LogP contribution in [-0.2, 0) is 9.53 Å². The Labute approximate surface area is 115 Å². The summed E-state index contributed by atoms with van der Waals surface area (Å²) in [6.07, 6.45) is 6.18. The molecular formula is C14H30O2Si2. The van der Waals surface area contributed by atoms with Gasteiger partial charge in [0.25, 0.3) is 0 Å². The van der Waals surface area contributed by atoms with Crippen LogP contribution in [0.5, 0.6) is 0 Å². The van der Waals surface area contributed by atoms with Crippen molar-refractivity contribution in [2.75, 3.05) is 7.11 Å². The number of hydrogen-bond acceptors (Lipinski definition) is 2. The highest BCUT2D eigenvalue weighted by molar-refractivity contribution is 7.04. The van der Waals surface area contributed by atoms with Crippen molar-refractivity contribution in [3.8, 4) is 0 Å². The maximum atomic E-state index is 11.0. The molecule has 0 aliphatic heterocycles. The van der Waals surface area contributed by atoms with Gasteiger partial charge in [-0.05, 0) is 19.3 Å². The molecule has 0 unspecified atom stereocenters. The highest BCUT2D eigenvalue weighted by Gasteiger charge is 2.30. The second kappa shape index (κ2) is 7.29. The van der Waals surface area contributed by atoms with Crippen molar-refractivity contribution >= 4 is 22.1 Å². The molecule has 2 nitrogen and oxygen atoms in total. The van der Waals surface area contributed by atoms with Gasteiger partial charge in [0.15, 0.2) is 0 Å². The first kappa shape index (κ1) is 17.6. The molecule has 0 aromatic rings. The van der Waals surface area contributed by atoms with Crippen LogP contribution in [0.15, 0.2) is 10.9 Å². The number of carbonyl (C=O) groups excluding carboxylic acids is 1. The van der Waals surface area contributed by atoms with E-state index in [4.69, 9.17) is 0 Å². The summed E-state index contributed by atoms with van der Waals surface area (Å²) in [6, 6.07) is 0. The van der Waals surface area contributed by atoms with Gasteiger partial charge >= 0.3 is 5.97 Å². The molecular weight excluding hydrogens is 256 g/mol. The molecule has 0 atom stereocenters. The summed E-state index contributed by atoms with van der Waals surface area (Å²) in [6.45, 7) is 14.6. The van der Waals surface area contributed by atoms with Gasteiger partial charge in [0.1, 0.15) is 0 Å². The average molecular weight is 287 g/mol. The van der Waals surface area contributed by atoms with E-state index >= 15 is 0 Å². The van der Waals surface area contributed by atoms with Gasteiger partial charge in [-0.2, -0.15) is 0 Å². The first-order valence-electron chi connectivity index (χ1n) is 6.87. The Morgan fingerprint density at radius 1 is 1.00 bits per heavy atom. The van der Waals surface area contributed by atoms with Crippen LogP contribution in [-0.4, -0.2) is 29.2 Å². The summed E-state index contributed by atoms with van der Waals surface area (Å²) in [5.74, 6) is -0.0883. The largest absolute Gasteiger partial charge is 0.469 e. The molecule has 18 heavy (non-hydrogen) atoms. The molecule has 0 aromatic heterocycles. The van der Waals surface area contributed by atoms with Crippen LogP contribution < -0.4 is 0 Å². The van der Waals surface area contributed by atoms with Crippen LogP contribution in [0.2, 0.25) is 39.3 Å². The van der Waals surface area contributed by atoms with Crippen LogP contribution in [0.25, 0.3) is 0 Å². The van der Waals surface area contributed by atoms with Gasteiger partial charge in [0.05, 0.1) is 23.3 Å².